The maximum atomic E-state index is 12.4. The van der Waals surface area contributed by atoms with Crippen LogP contribution in [0.3, 0.4) is 0 Å². The molecule has 0 aliphatic carbocycles. The number of carbonyl (C=O) groups excluding carboxylic acids is 2. The van der Waals surface area contributed by atoms with Crippen LogP contribution in [0.2, 0.25) is 0 Å². The van der Waals surface area contributed by atoms with E-state index >= 15 is 0 Å². The highest BCUT2D eigenvalue weighted by atomic mass is 16.5. The number of nitrogens with one attached hydrogen (secondary N) is 3. The topological polar surface area (TPSA) is 96.1 Å². The van der Waals surface area contributed by atoms with Crippen molar-refractivity contribution in [1.82, 2.24) is 15.3 Å². The van der Waals surface area contributed by atoms with E-state index in [0.717, 1.165) is 22.2 Å². The quantitative estimate of drug-likeness (QED) is 0.596. The highest BCUT2D eigenvalue weighted by Crippen LogP contribution is 2.23. The van der Waals surface area contributed by atoms with Gasteiger partial charge in [-0.05, 0) is 42.3 Å². The number of aromatic amines is 1. The summed E-state index contributed by atoms with van der Waals surface area (Å²) >= 11 is 0. The van der Waals surface area contributed by atoms with Crippen molar-refractivity contribution in [2.45, 2.75) is 27.2 Å². The molecule has 0 aliphatic heterocycles. The number of rotatable bonds is 6. The molecule has 0 aliphatic rings. The number of hydrogen-bond donors (Lipinski definition) is 3. The standard InChI is InChI=1S/C22H26N4O3/c1-22(2,3)21(28)26-19-8-5-15(13-25-19)20(27)23-10-9-14-12-24-18-7-6-16(29-4)11-17(14)18/h5-8,11-13,24H,9-10H2,1-4H3,(H,23,27)(H,25,26,28). The summed E-state index contributed by atoms with van der Waals surface area (Å²) in [4.78, 5) is 31.8. The number of carbonyl (C=O) groups is 2. The molecule has 0 saturated carbocycles. The van der Waals surface area contributed by atoms with Crippen molar-refractivity contribution in [3.63, 3.8) is 0 Å². The van der Waals surface area contributed by atoms with E-state index in [9.17, 15) is 9.59 Å². The van der Waals surface area contributed by atoms with Crippen LogP contribution in [-0.4, -0.2) is 35.4 Å². The number of benzene rings is 1. The Morgan fingerprint density at radius 3 is 2.62 bits per heavy atom. The second-order valence-corrected chi connectivity index (χ2v) is 7.87. The summed E-state index contributed by atoms with van der Waals surface area (Å²) in [6.45, 7) is 5.97. The minimum absolute atomic E-state index is 0.127. The second-order valence-electron chi connectivity index (χ2n) is 7.87. The lowest BCUT2D eigenvalue weighted by molar-refractivity contribution is -0.123. The first-order valence-electron chi connectivity index (χ1n) is 9.47. The molecular formula is C22H26N4O3. The molecule has 7 nitrogen and oxygen atoms in total. The summed E-state index contributed by atoms with van der Waals surface area (Å²) in [6.07, 6.45) is 4.10. The van der Waals surface area contributed by atoms with Crippen LogP contribution in [0.15, 0.2) is 42.7 Å². The van der Waals surface area contributed by atoms with Crippen LogP contribution in [0.25, 0.3) is 10.9 Å². The lowest BCUT2D eigenvalue weighted by atomic mass is 9.96. The lowest BCUT2D eigenvalue weighted by Gasteiger charge is -2.17. The fourth-order valence-corrected chi connectivity index (χ4v) is 2.81. The van der Waals surface area contributed by atoms with Crippen LogP contribution < -0.4 is 15.4 Å². The van der Waals surface area contributed by atoms with Gasteiger partial charge in [-0.1, -0.05) is 20.8 Å². The Morgan fingerprint density at radius 2 is 1.97 bits per heavy atom. The molecule has 0 fully saturated rings. The third-order valence-electron chi connectivity index (χ3n) is 4.60. The van der Waals surface area contributed by atoms with E-state index in [1.807, 2.05) is 45.2 Å². The smallest absolute Gasteiger partial charge is 0.252 e. The highest BCUT2D eigenvalue weighted by molar-refractivity contribution is 5.96. The average Bonchev–Trinajstić information content (AvgIpc) is 3.10. The Morgan fingerprint density at radius 1 is 1.17 bits per heavy atom. The summed E-state index contributed by atoms with van der Waals surface area (Å²) in [5, 5.41) is 6.73. The number of aromatic nitrogens is 2. The first kappa shape index (κ1) is 20.4. The molecule has 29 heavy (non-hydrogen) atoms. The van der Waals surface area contributed by atoms with E-state index in [0.29, 0.717) is 24.3 Å². The largest absolute Gasteiger partial charge is 0.497 e. The molecule has 2 heterocycles. The number of nitrogens with zero attached hydrogens (tertiary/aromatic N) is 1. The third kappa shape index (κ3) is 4.93. The normalized spacial score (nSPS) is 11.3. The molecule has 0 atom stereocenters. The van der Waals surface area contributed by atoms with Gasteiger partial charge in [0.15, 0.2) is 0 Å². The predicted molar refractivity (Wildman–Crippen MR) is 113 cm³/mol. The van der Waals surface area contributed by atoms with Crippen LogP contribution >= 0.6 is 0 Å². The van der Waals surface area contributed by atoms with Crippen molar-refractivity contribution >= 4 is 28.5 Å². The van der Waals surface area contributed by atoms with Crippen LogP contribution in [0, 0.1) is 5.41 Å². The van der Waals surface area contributed by atoms with Crippen molar-refractivity contribution in [2.75, 3.05) is 19.0 Å². The molecule has 2 amide bonds. The molecule has 7 heteroatoms. The van der Waals surface area contributed by atoms with Crippen LogP contribution in [-0.2, 0) is 11.2 Å². The summed E-state index contributed by atoms with van der Waals surface area (Å²) in [7, 11) is 1.64. The average molecular weight is 394 g/mol. The number of methoxy groups -OCH3 is 1. The van der Waals surface area contributed by atoms with Crippen molar-refractivity contribution in [3.8, 4) is 5.75 Å². The molecular weight excluding hydrogens is 368 g/mol. The zero-order valence-corrected chi connectivity index (χ0v) is 17.1. The molecule has 0 spiro atoms. The minimum Gasteiger partial charge on any atom is -0.497 e. The third-order valence-corrected chi connectivity index (χ3v) is 4.60. The van der Waals surface area contributed by atoms with Gasteiger partial charge in [0.25, 0.3) is 5.91 Å². The molecule has 0 saturated heterocycles. The van der Waals surface area contributed by atoms with Gasteiger partial charge in [-0.25, -0.2) is 4.98 Å². The molecule has 0 bridgehead atoms. The number of hydrogen-bond acceptors (Lipinski definition) is 4. The van der Waals surface area contributed by atoms with Gasteiger partial charge in [0.2, 0.25) is 5.91 Å². The van der Waals surface area contributed by atoms with E-state index in [1.54, 1.807) is 19.2 Å². The molecule has 0 unspecified atom stereocenters. The van der Waals surface area contributed by atoms with Gasteiger partial charge >= 0.3 is 0 Å². The van der Waals surface area contributed by atoms with Gasteiger partial charge in [0.05, 0.1) is 12.7 Å². The zero-order valence-electron chi connectivity index (χ0n) is 17.1. The van der Waals surface area contributed by atoms with Crippen LogP contribution in [0.5, 0.6) is 5.75 Å². The number of fused-ring (bicyclic) bond motifs is 1. The Bertz CT molecular complexity index is 1020. The van der Waals surface area contributed by atoms with Gasteiger partial charge in [-0.15, -0.1) is 0 Å². The molecule has 3 aromatic rings. The maximum Gasteiger partial charge on any atom is 0.252 e. The van der Waals surface area contributed by atoms with E-state index in [4.69, 9.17) is 4.74 Å². The van der Waals surface area contributed by atoms with E-state index < -0.39 is 5.41 Å². The SMILES string of the molecule is COc1ccc2[nH]cc(CCNC(=O)c3ccc(NC(=O)C(C)(C)C)nc3)c2c1. The number of anilines is 1. The molecule has 2 aromatic heterocycles. The molecule has 0 radical (unpaired) electrons. The van der Waals surface area contributed by atoms with Gasteiger partial charge in [-0.3, -0.25) is 9.59 Å². The highest BCUT2D eigenvalue weighted by Gasteiger charge is 2.21. The Labute approximate surface area is 169 Å². The van der Waals surface area contributed by atoms with E-state index in [1.165, 1.54) is 6.20 Å². The minimum atomic E-state index is -0.510. The summed E-state index contributed by atoms with van der Waals surface area (Å²) < 4.78 is 5.28. The molecule has 3 N–H and O–H groups in total. The number of amides is 2. The van der Waals surface area contributed by atoms with Crippen molar-refractivity contribution in [1.29, 1.82) is 0 Å². The number of H-pyrrole nitrogens is 1. The molecule has 152 valence electrons. The summed E-state index contributed by atoms with van der Waals surface area (Å²) in [5.41, 5.74) is 2.07. The maximum absolute atomic E-state index is 12.4. The molecule has 1 aromatic carbocycles. The first-order valence-corrected chi connectivity index (χ1v) is 9.47. The van der Waals surface area contributed by atoms with Gasteiger partial charge < -0.3 is 20.4 Å². The fraction of sp³-hybridized carbons (Fsp3) is 0.318. The van der Waals surface area contributed by atoms with E-state index in [-0.39, 0.29) is 11.8 Å². The molecule has 3 rings (SSSR count). The first-order chi connectivity index (χ1) is 13.8. The predicted octanol–water partition coefficient (Wildman–Crippen LogP) is 3.53. The Hall–Kier alpha value is -3.35. The Balaban J connectivity index is 1.56. The monoisotopic (exact) mass is 394 g/mol. The van der Waals surface area contributed by atoms with Crippen molar-refractivity contribution in [3.05, 3.63) is 53.9 Å². The lowest BCUT2D eigenvalue weighted by Crippen LogP contribution is -2.28. The van der Waals surface area contributed by atoms with Crippen molar-refractivity contribution < 1.29 is 14.3 Å². The van der Waals surface area contributed by atoms with Gasteiger partial charge in [-0.2, -0.15) is 0 Å². The zero-order chi connectivity index (χ0) is 21.0. The van der Waals surface area contributed by atoms with Crippen LogP contribution in [0.4, 0.5) is 5.82 Å². The van der Waals surface area contributed by atoms with Crippen molar-refractivity contribution in [2.24, 2.45) is 5.41 Å². The van der Waals surface area contributed by atoms with Gasteiger partial charge in [0, 0.05) is 35.3 Å². The summed E-state index contributed by atoms with van der Waals surface area (Å²) in [6, 6.07) is 9.14. The summed E-state index contributed by atoms with van der Waals surface area (Å²) in [5.74, 6) is 0.891. The number of pyridine rings is 1. The van der Waals surface area contributed by atoms with E-state index in [2.05, 4.69) is 20.6 Å². The van der Waals surface area contributed by atoms with Gasteiger partial charge in [0.1, 0.15) is 11.6 Å². The Kier molecular flexibility index (Phi) is 5.87. The second kappa shape index (κ2) is 8.34. The van der Waals surface area contributed by atoms with Crippen LogP contribution in [0.1, 0.15) is 36.7 Å². The number of ether oxygens (including phenoxy) is 1. The fourth-order valence-electron chi connectivity index (χ4n) is 2.81.